The van der Waals surface area contributed by atoms with E-state index in [-0.39, 0.29) is 0 Å². The van der Waals surface area contributed by atoms with Crippen LogP contribution in [0.3, 0.4) is 0 Å². The van der Waals surface area contributed by atoms with Crippen LogP contribution in [-0.4, -0.2) is 24.5 Å². The minimum atomic E-state index is 0.682. The Balaban J connectivity index is 1.26. The molecule has 4 fully saturated rings. The molecule has 0 amide bonds. The zero-order chi connectivity index (χ0) is 24.0. The summed E-state index contributed by atoms with van der Waals surface area (Å²) >= 11 is 0. The molecule has 0 aromatic carbocycles. The molecule has 34 heavy (non-hydrogen) atoms. The van der Waals surface area contributed by atoms with Crippen molar-refractivity contribution in [1.82, 2.24) is 4.90 Å². The van der Waals surface area contributed by atoms with E-state index in [0.29, 0.717) is 10.8 Å². The number of hydrogen-bond acceptors (Lipinski definition) is 1. The summed E-state index contributed by atoms with van der Waals surface area (Å²) in [6.07, 6.45) is 28.4. The van der Waals surface area contributed by atoms with E-state index >= 15 is 0 Å². The Kier molecular flexibility index (Phi) is 9.91. The van der Waals surface area contributed by atoms with Crippen LogP contribution in [0.4, 0.5) is 0 Å². The average Bonchev–Trinajstić information content (AvgIpc) is 3.17. The quantitative estimate of drug-likeness (QED) is 0.241. The first-order chi connectivity index (χ1) is 16.5. The molecule has 0 aromatic heterocycles. The van der Waals surface area contributed by atoms with Gasteiger partial charge < -0.3 is 4.90 Å². The summed E-state index contributed by atoms with van der Waals surface area (Å²) < 4.78 is 0. The topological polar surface area (TPSA) is 3.24 Å². The molecule has 1 heteroatoms. The van der Waals surface area contributed by atoms with Crippen LogP contribution in [0.1, 0.15) is 150 Å². The van der Waals surface area contributed by atoms with Crippen molar-refractivity contribution in [2.45, 2.75) is 150 Å². The zero-order valence-corrected chi connectivity index (χ0v) is 23.9. The average molecular weight is 472 g/mol. The lowest BCUT2D eigenvalue weighted by atomic mass is 9.45. The number of rotatable bonds is 13. The lowest BCUT2D eigenvalue weighted by molar-refractivity contribution is -0.111. The minimum absolute atomic E-state index is 0.682. The van der Waals surface area contributed by atoms with Gasteiger partial charge >= 0.3 is 0 Å². The van der Waals surface area contributed by atoms with E-state index < -0.39 is 0 Å². The van der Waals surface area contributed by atoms with E-state index in [0.717, 1.165) is 29.6 Å². The van der Waals surface area contributed by atoms with Gasteiger partial charge in [-0.15, -0.1) is 0 Å². The molecule has 4 aliphatic carbocycles. The molecular weight excluding hydrogens is 410 g/mol. The van der Waals surface area contributed by atoms with E-state index in [4.69, 9.17) is 0 Å². The maximum absolute atomic E-state index is 2.82. The highest BCUT2D eigenvalue weighted by atomic mass is 15.1. The molecule has 0 aliphatic heterocycles. The minimum Gasteiger partial charge on any atom is -0.303 e. The van der Waals surface area contributed by atoms with Gasteiger partial charge in [-0.1, -0.05) is 72.6 Å². The summed E-state index contributed by atoms with van der Waals surface area (Å²) in [6.45, 7) is 14.3. The normalized spacial score (nSPS) is 39.6. The van der Waals surface area contributed by atoms with Gasteiger partial charge in [0, 0.05) is 0 Å². The van der Waals surface area contributed by atoms with Crippen LogP contribution in [0.5, 0.6) is 0 Å². The summed E-state index contributed by atoms with van der Waals surface area (Å²) in [7, 11) is 0. The number of fused-ring (bicyclic) bond motifs is 5. The highest BCUT2D eigenvalue weighted by Crippen LogP contribution is 2.67. The zero-order valence-electron chi connectivity index (χ0n) is 23.9. The molecule has 4 saturated carbocycles. The van der Waals surface area contributed by atoms with Crippen LogP contribution in [0.25, 0.3) is 0 Å². The van der Waals surface area contributed by atoms with Gasteiger partial charge in [-0.05, 0) is 137 Å². The third kappa shape index (κ3) is 5.75. The van der Waals surface area contributed by atoms with E-state index in [1.807, 2.05) is 0 Å². The summed E-state index contributed by atoms with van der Waals surface area (Å²) in [5.41, 5.74) is 1.39. The van der Waals surface area contributed by atoms with Gasteiger partial charge in [0.25, 0.3) is 0 Å². The Labute approximate surface area is 214 Å². The Hall–Kier alpha value is -0.0400. The fraction of sp³-hybridized carbons (Fsp3) is 1.00. The number of unbranched alkanes of at least 4 members (excludes halogenated alkanes) is 5. The fourth-order valence-corrected chi connectivity index (χ4v) is 10.1. The molecule has 0 radical (unpaired) electrons. The van der Waals surface area contributed by atoms with Crippen LogP contribution in [0.2, 0.25) is 0 Å². The monoisotopic (exact) mass is 471 g/mol. The standard InChI is InChI=1S/C33H61N/c1-5-7-12-24-34(25-13-8-6-2)26-14-10-16-28-18-20-30-29-19-17-27-15-9-11-22-32(27,3)31(29)21-23-33(28,30)4/h27-31H,5-26H2,1-4H3/t27?,28-,29?,30?,31?,32?,33?/m0/s1. The van der Waals surface area contributed by atoms with E-state index in [2.05, 4.69) is 32.6 Å². The lowest BCUT2D eigenvalue weighted by Crippen LogP contribution is -2.52. The largest absolute Gasteiger partial charge is 0.303 e. The molecule has 4 rings (SSSR count). The summed E-state index contributed by atoms with van der Waals surface area (Å²) in [4.78, 5) is 2.82. The van der Waals surface area contributed by atoms with Crippen molar-refractivity contribution < 1.29 is 0 Å². The molecule has 198 valence electrons. The van der Waals surface area contributed by atoms with Crippen molar-refractivity contribution in [3.8, 4) is 0 Å². The Morgan fingerprint density at radius 3 is 2.00 bits per heavy atom. The predicted molar refractivity (Wildman–Crippen MR) is 149 cm³/mol. The van der Waals surface area contributed by atoms with E-state index in [1.165, 1.54) is 90.3 Å². The number of nitrogens with zero attached hydrogens (tertiary/aromatic N) is 1. The smallest absolute Gasteiger partial charge is 0.00187 e. The third-order valence-electron chi connectivity index (χ3n) is 12.2. The second kappa shape index (κ2) is 12.5. The van der Waals surface area contributed by atoms with E-state index in [9.17, 15) is 0 Å². The van der Waals surface area contributed by atoms with Gasteiger partial charge in [-0.2, -0.15) is 0 Å². The van der Waals surface area contributed by atoms with Gasteiger partial charge in [0.05, 0.1) is 0 Å². The molecule has 0 saturated heterocycles. The van der Waals surface area contributed by atoms with Crippen LogP contribution in [0, 0.1) is 40.4 Å². The molecular formula is C33H61N. The molecule has 0 aromatic rings. The first-order valence-corrected chi connectivity index (χ1v) is 16.2. The Morgan fingerprint density at radius 2 is 1.29 bits per heavy atom. The third-order valence-corrected chi connectivity index (χ3v) is 12.2. The molecule has 4 aliphatic rings. The SMILES string of the molecule is CCCCCN(CCCCC)CCCC[C@H]1CCC2C3CCC4CCCCC4(C)C3CCC21C. The first-order valence-electron chi connectivity index (χ1n) is 16.2. The Morgan fingerprint density at radius 1 is 0.618 bits per heavy atom. The highest BCUT2D eigenvalue weighted by Gasteiger charge is 2.59. The van der Waals surface area contributed by atoms with Gasteiger partial charge in [-0.3, -0.25) is 0 Å². The second-order valence-corrected chi connectivity index (χ2v) is 14.0. The molecule has 0 heterocycles. The van der Waals surface area contributed by atoms with Gasteiger partial charge in [0.15, 0.2) is 0 Å². The Bertz CT molecular complexity index is 589. The summed E-state index contributed by atoms with van der Waals surface area (Å²) in [5, 5.41) is 0. The van der Waals surface area contributed by atoms with Crippen molar-refractivity contribution in [2.75, 3.05) is 19.6 Å². The molecule has 7 atom stereocenters. The predicted octanol–water partition coefficient (Wildman–Crippen LogP) is 9.89. The van der Waals surface area contributed by atoms with Crippen LogP contribution < -0.4 is 0 Å². The number of hydrogen-bond donors (Lipinski definition) is 0. The molecule has 0 spiro atoms. The maximum Gasteiger partial charge on any atom is -0.00187 e. The van der Waals surface area contributed by atoms with Gasteiger partial charge in [0.1, 0.15) is 0 Å². The van der Waals surface area contributed by atoms with Crippen molar-refractivity contribution in [2.24, 2.45) is 40.4 Å². The molecule has 0 bridgehead atoms. The lowest BCUT2D eigenvalue weighted by Gasteiger charge is -2.60. The molecule has 0 N–H and O–H groups in total. The highest BCUT2D eigenvalue weighted by molar-refractivity contribution is 5.08. The second-order valence-electron chi connectivity index (χ2n) is 14.0. The van der Waals surface area contributed by atoms with Crippen molar-refractivity contribution in [1.29, 1.82) is 0 Å². The van der Waals surface area contributed by atoms with Gasteiger partial charge in [0.2, 0.25) is 0 Å². The van der Waals surface area contributed by atoms with Crippen molar-refractivity contribution >= 4 is 0 Å². The van der Waals surface area contributed by atoms with Gasteiger partial charge in [-0.25, -0.2) is 0 Å². The summed E-state index contributed by atoms with van der Waals surface area (Å²) in [6, 6.07) is 0. The molecule has 1 nitrogen and oxygen atoms in total. The van der Waals surface area contributed by atoms with Crippen molar-refractivity contribution in [3.05, 3.63) is 0 Å². The van der Waals surface area contributed by atoms with Crippen LogP contribution in [0.15, 0.2) is 0 Å². The van der Waals surface area contributed by atoms with Crippen LogP contribution in [-0.2, 0) is 0 Å². The first kappa shape index (κ1) is 27.0. The molecule has 6 unspecified atom stereocenters. The van der Waals surface area contributed by atoms with Crippen molar-refractivity contribution in [3.63, 3.8) is 0 Å². The summed E-state index contributed by atoms with van der Waals surface area (Å²) in [5.74, 6) is 5.32. The van der Waals surface area contributed by atoms with E-state index in [1.54, 1.807) is 51.4 Å². The fourth-order valence-electron chi connectivity index (χ4n) is 10.1. The maximum atomic E-state index is 2.82. The van der Waals surface area contributed by atoms with Crippen LogP contribution >= 0.6 is 0 Å².